The molecule has 0 radical (unpaired) electrons. The standard InChI is InChI=1S/C14H15O4P/c1-11-8-12(2)10-14(9-11)18-19(15,16)17-13-6-4-3-5-7-13/h3-10H,1-2H3,(H,15,16). The topological polar surface area (TPSA) is 55.8 Å². The zero-order valence-corrected chi connectivity index (χ0v) is 11.6. The normalized spacial score (nSPS) is 13.6. The highest BCUT2D eigenvalue weighted by Crippen LogP contribution is 2.44. The van der Waals surface area contributed by atoms with E-state index in [2.05, 4.69) is 0 Å². The van der Waals surface area contributed by atoms with Crippen LogP contribution in [0.3, 0.4) is 0 Å². The molecule has 0 fully saturated rings. The van der Waals surface area contributed by atoms with Crippen molar-refractivity contribution in [2.45, 2.75) is 13.8 Å². The van der Waals surface area contributed by atoms with E-state index in [1.807, 2.05) is 19.9 Å². The Morgan fingerprint density at radius 3 is 2.00 bits per heavy atom. The Balaban J connectivity index is 2.15. The molecular weight excluding hydrogens is 263 g/mol. The molecule has 2 rings (SSSR count). The number of hydrogen-bond donors (Lipinski definition) is 1. The van der Waals surface area contributed by atoms with Gasteiger partial charge < -0.3 is 9.05 Å². The van der Waals surface area contributed by atoms with Gasteiger partial charge in [-0.15, -0.1) is 0 Å². The lowest BCUT2D eigenvalue weighted by atomic mass is 10.1. The van der Waals surface area contributed by atoms with E-state index in [9.17, 15) is 9.46 Å². The van der Waals surface area contributed by atoms with Crippen LogP contribution in [0.1, 0.15) is 11.1 Å². The van der Waals surface area contributed by atoms with Gasteiger partial charge in [-0.3, -0.25) is 4.89 Å². The molecule has 0 amide bonds. The van der Waals surface area contributed by atoms with Gasteiger partial charge in [0.2, 0.25) is 0 Å². The third-order valence-electron chi connectivity index (χ3n) is 2.38. The Bertz CT molecular complexity index is 590. The third kappa shape index (κ3) is 4.12. The highest BCUT2D eigenvalue weighted by Gasteiger charge is 2.25. The molecule has 2 aromatic carbocycles. The lowest BCUT2D eigenvalue weighted by molar-refractivity contribution is 0.291. The zero-order chi connectivity index (χ0) is 13.9. The van der Waals surface area contributed by atoms with Crippen molar-refractivity contribution in [2.75, 3.05) is 0 Å². The van der Waals surface area contributed by atoms with E-state index in [-0.39, 0.29) is 5.75 Å². The number of benzene rings is 2. The second kappa shape index (κ2) is 5.47. The number of phosphoric acid groups is 1. The molecule has 4 nitrogen and oxygen atoms in total. The van der Waals surface area contributed by atoms with Crippen LogP contribution in [0.5, 0.6) is 11.5 Å². The fraction of sp³-hybridized carbons (Fsp3) is 0.143. The fourth-order valence-corrected chi connectivity index (χ4v) is 2.55. The van der Waals surface area contributed by atoms with Crippen molar-refractivity contribution in [1.82, 2.24) is 0 Å². The van der Waals surface area contributed by atoms with Crippen molar-refractivity contribution in [3.63, 3.8) is 0 Å². The monoisotopic (exact) mass is 278 g/mol. The van der Waals surface area contributed by atoms with Gasteiger partial charge in [-0.2, -0.15) is 0 Å². The Morgan fingerprint density at radius 1 is 0.895 bits per heavy atom. The summed E-state index contributed by atoms with van der Waals surface area (Å²) in [5.41, 5.74) is 1.91. The quantitative estimate of drug-likeness (QED) is 0.863. The molecule has 1 unspecified atom stereocenters. The van der Waals surface area contributed by atoms with Crippen LogP contribution in [0, 0.1) is 13.8 Å². The first-order chi connectivity index (χ1) is 8.94. The van der Waals surface area contributed by atoms with E-state index in [0.29, 0.717) is 5.75 Å². The summed E-state index contributed by atoms with van der Waals surface area (Å²) in [6.07, 6.45) is 0. The van der Waals surface area contributed by atoms with Crippen LogP contribution in [0.4, 0.5) is 0 Å². The zero-order valence-electron chi connectivity index (χ0n) is 10.7. The van der Waals surface area contributed by atoms with E-state index in [1.165, 1.54) is 0 Å². The molecule has 2 aromatic rings. The maximum Gasteiger partial charge on any atom is 0.584 e. The fourth-order valence-electron chi connectivity index (χ4n) is 1.75. The summed E-state index contributed by atoms with van der Waals surface area (Å²) in [7, 11) is -4.18. The summed E-state index contributed by atoms with van der Waals surface area (Å²) in [4.78, 5) is 9.71. The molecule has 5 heteroatoms. The Kier molecular flexibility index (Phi) is 3.93. The number of aryl methyl sites for hydroxylation is 2. The van der Waals surface area contributed by atoms with Gasteiger partial charge in [0.05, 0.1) is 0 Å². The number of para-hydroxylation sites is 1. The molecule has 0 saturated carbocycles. The second-order valence-corrected chi connectivity index (χ2v) is 5.59. The van der Waals surface area contributed by atoms with Gasteiger partial charge in [0.1, 0.15) is 11.5 Å². The van der Waals surface area contributed by atoms with Crippen LogP contribution in [0.2, 0.25) is 0 Å². The predicted octanol–water partition coefficient (Wildman–Crippen LogP) is 3.86. The predicted molar refractivity (Wildman–Crippen MR) is 73.4 cm³/mol. The van der Waals surface area contributed by atoms with E-state index >= 15 is 0 Å². The molecule has 0 aliphatic carbocycles. The van der Waals surface area contributed by atoms with Gasteiger partial charge >= 0.3 is 7.82 Å². The van der Waals surface area contributed by atoms with Crippen molar-refractivity contribution in [3.05, 3.63) is 59.7 Å². The smallest absolute Gasteiger partial charge is 0.395 e. The second-order valence-electron chi connectivity index (χ2n) is 4.29. The average Bonchev–Trinajstić information content (AvgIpc) is 2.27. The minimum absolute atomic E-state index is 0.290. The summed E-state index contributed by atoms with van der Waals surface area (Å²) in [5, 5.41) is 0. The molecule has 19 heavy (non-hydrogen) atoms. The Morgan fingerprint density at radius 2 is 1.42 bits per heavy atom. The lowest BCUT2D eigenvalue weighted by Gasteiger charge is -2.14. The molecule has 100 valence electrons. The minimum atomic E-state index is -4.18. The summed E-state index contributed by atoms with van der Waals surface area (Å²) in [5.74, 6) is 0.608. The number of rotatable bonds is 4. The molecule has 1 N–H and O–H groups in total. The Labute approximate surface area is 112 Å². The highest BCUT2D eigenvalue weighted by molar-refractivity contribution is 7.48. The minimum Gasteiger partial charge on any atom is -0.395 e. The van der Waals surface area contributed by atoms with Gasteiger partial charge in [-0.1, -0.05) is 24.3 Å². The summed E-state index contributed by atoms with van der Waals surface area (Å²) < 4.78 is 21.9. The van der Waals surface area contributed by atoms with Gasteiger partial charge in [-0.05, 0) is 49.2 Å². The maximum atomic E-state index is 11.9. The summed E-state index contributed by atoms with van der Waals surface area (Å²) in [6.45, 7) is 3.78. The number of phosphoric ester groups is 1. The lowest BCUT2D eigenvalue weighted by Crippen LogP contribution is -2.00. The SMILES string of the molecule is Cc1cc(C)cc(OP(=O)(O)Oc2ccccc2)c1. The number of hydrogen-bond acceptors (Lipinski definition) is 3. The molecule has 1 atom stereocenters. The average molecular weight is 278 g/mol. The first-order valence-corrected chi connectivity index (χ1v) is 7.29. The van der Waals surface area contributed by atoms with Gasteiger partial charge in [-0.25, -0.2) is 4.57 Å². The van der Waals surface area contributed by atoms with Crippen LogP contribution >= 0.6 is 7.82 Å². The van der Waals surface area contributed by atoms with E-state index < -0.39 is 7.82 Å². The summed E-state index contributed by atoms with van der Waals surface area (Å²) >= 11 is 0. The Hall–Kier alpha value is -1.77. The molecule has 0 spiro atoms. The van der Waals surface area contributed by atoms with Crippen molar-refractivity contribution in [3.8, 4) is 11.5 Å². The third-order valence-corrected chi connectivity index (χ3v) is 3.26. The first kappa shape index (κ1) is 13.7. The molecule has 0 saturated heterocycles. The van der Waals surface area contributed by atoms with Crippen LogP contribution < -0.4 is 9.05 Å². The van der Waals surface area contributed by atoms with Gasteiger partial charge in [0, 0.05) is 0 Å². The van der Waals surface area contributed by atoms with Crippen LogP contribution in [0.25, 0.3) is 0 Å². The van der Waals surface area contributed by atoms with E-state index in [4.69, 9.17) is 9.05 Å². The van der Waals surface area contributed by atoms with E-state index in [0.717, 1.165) is 11.1 Å². The van der Waals surface area contributed by atoms with E-state index in [1.54, 1.807) is 42.5 Å². The van der Waals surface area contributed by atoms with Crippen LogP contribution in [0.15, 0.2) is 48.5 Å². The summed E-state index contributed by atoms with van der Waals surface area (Å²) in [6, 6.07) is 13.7. The molecule has 0 bridgehead atoms. The van der Waals surface area contributed by atoms with Crippen molar-refractivity contribution in [2.24, 2.45) is 0 Å². The molecule has 0 aliphatic rings. The first-order valence-electron chi connectivity index (χ1n) is 5.80. The molecule has 0 heterocycles. The molecule has 0 aromatic heterocycles. The van der Waals surface area contributed by atoms with Crippen LogP contribution in [-0.4, -0.2) is 4.89 Å². The maximum absolute atomic E-state index is 11.9. The van der Waals surface area contributed by atoms with Crippen LogP contribution in [-0.2, 0) is 4.57 Å². The highest BCUT2D eigenvalue weighted by atomic mass is 31.2. The largest absolute Gasteiger partial charge is 0.584 e. The van der Waals surface area contributed by atoms with Gasteiger partial charge in [0.25, 0.3) is 0 Å². The van der Waals surface area contributed by atoms with Crippen molar-refractivity contribution >= 4 is 7.82 Å². The molecule has 0 aliphatic heterocycles. The van der Waals surface area contributed by atoms with Crippen molar-refractivity contribution < 1.29 is 18.5 Å². The van der Waals surface area contributed by atoms with Gasteiger partial charge in [0.15, 0.2) is 0 Å². The van der Waals surface area contributed by atoms with Crippen molar-refractivity contribution in [1.29, 1.82) is 0 Å². The molecular formula is C14H15O4P.